The van der Waals surface area contributed by atoms with Crippen LogP contribution in [0.4, 0.5) is 17.6 Å². The number of allylic oxidation sites excluding steroid dienone is 4. The molecule has 3 heterocycles. The number of amides is 1. The van der Waals surface area contributed by atoms with Crippen molar-refractivity contribution in [3.63, 3.8) is 0 Å². The van der Waals surface area contributed by atoms with Gasteiger partial charge in [0.15, 0.2) is 5.65 Å². The molecule has 0 N–H and O–H groups in total. The van der Waals surface area contributed by atoms with Crippen LogP contribution in [-0.4, -0.2) is 44.7 Å². The predicted molar refractivity (Wildman–Crippen MR) is 92.9 cm³/mol. The lowest BCUT2D eigenvalue weighted by Gasteiger charge is -2.38. The first kappa shape index (κ1) is 18.6. The smallest absolute Gasteiger partial charge is 0.336 e. The number of rotatable bonds is 2. The van der Waals surface area contributed by atoms with E-state index in [0.29, 0.717) is 31.6 Å². The second-order valence-corrected chi connectivity index (χ2v) is 7.14. The maximum atomic E-state index is 13.5. The van der Waals surface area contributed by atoms with Crippen LogP contribution >= 0.6 is 0 Å². The number of carbonyl (C=O) groups excluding carboxylic acids is 1. The molecule has 28 heavy (non-hydrogen) atoms. The number of carbonyl (C=O) groups is 1. The van der Waals surface area contributed by atoms with Crippen LogP contribution in [0.3, 0.4) is 0 Å². The van der Waals surface area contributed by atoms with E-state index in [-0.39, 0.29) is 11.7 Å². The Morgan fingerprint density at radius 1 is 1.07 bits per heavy atom. The first-order chi connectivity index (χ1) is 13.3. The van der Waals surface area contributed by atoms with E-state index in [4.69, 9.17) is 0 Å². The number of piperidine rings is 1. The van der Waals surface area contributed by atoms with Crippen LogP contribution in [-0.2, 0) is 0 Å². The standard InChI is InChI=1S/C19H18F4N4O/c20-13-5-6-16-24-25-17(27(16)11-13)18(28)26-9-7-12(8-10-26)14-3-1-2-4-15(14)19(21,22)23/h1-6,11-12,14-15H,7-10H2. The maximum absolute atomic E-state index is 13.5. The van der Waals surface area contributed by atoms with Crippen molar-refractivity contribution in [3.8, 4) is 0 Å². The van der Waals surface area contributed by atoms with Crippen molar-refractivity contribution >= 4 is 11.6 Å². The number of pyridine rings is 1. The number of halogens is 4. The van der Waals surface area contributed by atoms with Crippen molar-refractivity contribution in [1.29, 1.82) is 0 Å². The summed E-state index contributed by atoms with van der Waals surface area (Å²) in [5.74, 6) is -3.19. The van der Waals surface area contributed by atoms with Crippen LogP contribution < -0.4 is 0 Å². The molecule has 1 saturated heterocycles. The van der Waals surface area contributed by atoms with Gasteiger partial charge in [0.05, 0.1) is 5.92 Å². The summed E-state index contributed by atoms with van der Waals surface area (Å²) >= 11 is 0. The minimum atomic E-state index is -4.29. The van der Waals surface area contributed by atoms with Crippen LogP contribution in [0.5, 0.6) is 0 Å². The molecule has 2 atom stereocenters. The Balaban J connectivity index is 1.46. The van der Waals surface area contributed by atoms with Crippen molar-refractivity contribution in [1.82, 2.24) is 19.5 Å². The number of aromatic nitrogens is 3. The Hall–Kier alpha value is -2.71. The number of alkyl halides is 3. The molecule has 148 valence electrons. The lowest BCUT2D eigenvalue weighted by Crippen LogP contribution is -2.43. The summed E-state index contributed by atoms with van der Waals surface area (Å²) in [5, 5.41) is 7.71. The van der Waals surface area contributed by atoms with E-state index in [1.54, 1.807) is 17.1 Å². The van der Waals surface area contributed by atoms with Gasteiger partial charge >= 0.3 is 6.18 Å². The van der Waals surface area contributed by atoms with Gasteiger partial charge in [0.2, 0.25) is 5.82 Å². The van der Waals surface area contributed by atoms with E-state index in [0.717, 1.165) is 6.20 Å². The molecule has 0 radical (unpaired) electrons. The Morgan fingerprint density at radius 3 is 2.50 bits per heavy atom. The summed E-state index contributed by atoms with van der Waals surface area (Å²) in [5.41, 5.74) is 0.354. The third kappa shape index (κ3) is 3.41. The van der Waals surface area contributed by atoms with Gasteiger partial charge in [0, 0.05) is 19.3 Å². The van der Waals surface area contributed by atoms with E-state index < -0.39 is 29.7 Å². The molecule has 0 spiro atoms. The molecule has 1 aliphatic heterocycles. The van der Waals surface area contributed by atoms with Gasteiger partial charge in [-0.1, -0.05) is 24.3 Å². The lowest BCUT2D eigenvalue weighted by atomic mass is 9.74. The van der Waals surface area contributed by atoms with Gasteiger partial charge in [-0.05, 0) is 36.8 Å². The predicted octanol–water partition coefficient (Wildman–Crippen LogP) is 3.64. The van der Waals surface area contributed by atoms with E-state index in [2.05, 4.69) is 10.2 Å². The highest BCUT2D eigenvalue weighted by Crippen LogP contribution is 2.42. The van der Waals surface area contributed by atoms with Crippen molar-refractivity contribution in [3.05, 3.63) is 54.3 Å². The number of hydrogen-bond donors (Lipinski definition) is 0. The zero-order valence-electron chi connectivity index (χ0n) is 14.8. The number of nitrogens with zero attached hydrogens (tertiary/aromatic N) is 4. The molecule has 0 aromatic carbocycles. The average molecular weight is 394 g/mol. The molecule has 5 nitrogen and oxygen atoms in total. The minimum Gasteiger partial charge on any atom is -0.336 e. The molecule has 1 amide bonds. The fraction of sp³-hybridized carbons (Fsp3) is 0.421. The Labute approximate surface area is 158 Å². The van der Waals surface area contributed by atoms with Crippen LogP contribution in [0.1, 0.15) is 23.5 Å². The minimum absolute atomic E-state index is 0.00149. The molecule has 0 bridgehead atoms. The van der Waals surface area contributed by atoms with E-state index in [9.17, 15) is 22.4 Å². The largest absolute Gasteiger partial charge is 0.395 e. The van der Waals surface area contributed by atoms with Gasteiger partial charge in [0.25, 0.3) is 5.91 Å². The van der Waals surface area contributed by atoms with Gasteiger partial charge in [0.1, 0.15) is 5.82 Å². The summed E-state index contributed by atoms with van der Waals surface area (Å²) in [7, 11) is 0. The molecule has 1 fully saturated rings. The third-order valence-electron chi connectivity index (χ3n) is 5.48. The van der Waals surface area contributed by atoms with Crippen LogP contribution in [0.25, 0.3) is 5.65 Å². The summed E-state index contributed by atoms with van der Waals surface area (Å²) in [4.78, 5) is 14.3. The van der Waals surface area contributed by atoms with Crippen LogP contribution in [0.15, 0.2) is 42.6 Å². The number of hydrogen-bond acceptors (Lipinski definition) is 3. The van der Waals surface area contributed by atoms with Crippen LogP contribution in [0, 0.1) is 23.6 Å². The Morgan fingerprint density at radius 2 is 1.79 bits per heavy atom. The highest BCUT2D eigenvalue weighted by molar-refractivity contribution is 5.91. The van der Waals surface area contributed by atoms with Crippen molar-refractivity contribution in [2.24, 2.45) is 17.8 Å². The zero-order valence-corrected chi connectivity index (χ0v) is 14.8. The Bertz CT molecular complexity index is 941. The lowest BCUT2D eigenvalue weighted by molar-refractivity contribution is -0.175. The maximum Gasteiger partial charge on any atom is 0.395 e. The highest BCUT2D eigenvalue weighted by atomic mass is 19.4. The molecule has 2 aromatic heterocycles. The van der Waals surface area contributed by atoms with E-state index >= 15 is 0 Å². The molecule has 0 saturated carbocycles. The van der Waals surface area contributed by atoms with Gasteiger partial charge in [-0.25, -0.2) is 4.39 Å². The molecule has 2 aliphatic rings. The SMILES string of the molecule is O=C(c1nnc2ccc(F)cn12)N1CCC(C2C=CC=CC2C(F)(F)F)CC1. The topological polar surface area (TPSA) is 50.5 Å². The van der Waals surface area contributed by atoms with Gasteiger partial charge in [-0.3, -0.25) is 9.20 Å². The molecule has 1 aliphatic carbocycles. The van der Waals surface area contributed by atoms with Crippen molar-refractivity contribution < 1.29 is 22.4 Å². The molecule has 9 heteroatoms. The van der Waals surface area contributed by atoms with Crippen molar-refractivity contribution in [2.75, 3.05) is 13.1 Å². The highest BCUT2D eigenvalue weighted by Gasteiger charge is 2.45. The fourth-order valence-electron chi connectivity index (χ4n) is 4.04. The second-order valence-electron chi connectivity index (χ2n) is 7.14. The number of likely N-dealkylation sites (tertiary alicyclic amines) is 1. The quantitative estimate of drug-likeness (QED) is 0.731. The second kappa shape index (κ2) is 7.03. The fourth-order valence-corrected chi connectivity index (χ4v) is 4.04. The summed E-state index contributed by atoms with van der Waals surface area (Å²) in [6, 6.07) is 2.65. The molecule has 2 unspecified atom stereocenters. The zero-order chi connectivity index (χ0) is 19.9. The summed E-state index contributed by atoms with van der Waals surface area (Å²) in [6.45, 7) is 0.652. The Kier molecular flexibility index (Phi) is 4.68. The van der Waals surface area contributed by atoms with Crippen LogP contribution in [0.2, 0.25) is 0 Å². The van der Waals surface area contributed by atoms with Gasteiger partial charge in [-0.15, -0.1) is 10.2 Å². The average Bonchev–Trinajstić information content (AvgIpc) is 3.10. The normalized spacial score (nSPS) is 23.5. The van der Waals surface area contributed by atoms with Gasteiger partial charge < -0.3 is 4.90 Å². The summed E-state index contributed by atoms with van der Waals surface area (Å²) < 4.78 is 54.7. The molecular weight excluding hydrogens is 376 g/mol. The van der Waals surface area contributed by atoms with E-state index in [1.165, 1.54) is 28.7 Å². The van der Waals surface area contributed by atoms with Crippen molar-refractivity contribution in [2.45, 2.75) is 19.0 Å². The molecular formula is C19H18F4N4O. The first-order valence-electron chi connectivity index (χ1n) is 9.06. The van der Waals surface area contributed by atoms with E-state index in [1.807, 2.05) is 0 Å². The monoisotopic (exact) mass is 394 g/mol. The van der Waals surface area contributed by atoms with Gasteiger partial charge in [-0.2, -0.15) is 13.2 Å². The summed E-state index contributed by atoms with van der Waals surface area (Å²) in [6.07, 6.45) is 3.70. The first-order valence-corrected chi connectivity index (χ1v) is 9.06. The molecule has 4 rings (SSSR count). The number of fused-ring (bicyclic) bond motifs is 1. The third-order valence-corrected chi connectivity index (χ3v) is 5.48. The molecule has 2 aromatic rings.